The molecule has 0 spiro atoms. The number of alkyl halides is 1. The molecule has 4 heteroatoms. The van der Waals surface area contributed by atoms with Crippen molar-refractivity contribution in [1.29, 1.82) is 0 Å². The third kappa shape index (κ3) is 2.99. The van der Waals surface area contributed by atoms with Crippen molar-refractivity contribution in [2.45, 2.75) is 0 Å². The van der Waals surface area contributed by atoms with Gasteiger partial charge in [0.05, 0.1) is 5.33 Å². The Hall–Kier alpha value is -0.410. The Kier molecular flexibility index (Phi) is 5.07. The first-order valence-corrected chi connectivity index (χ1v) is 3.96. The molecule has 11 heavy (non-hydrogen) atoms. The van der Waals surface area contributed by atoms with Gasteiger partial charge in [-0.15, -0.1) is 12.4 Å². The number of aromatic nitrogens is 1. The molecule has 0 saturated carbocycles. The lowest BCUT2D eigenvalue weighted by atomic mass is 10.2. The van der Waals surface area contributed by atoms with Crippen molar-refractivity contribution in [2.75, 3.05) is 5.33 Å². The van der Waals surface area contributed by atoms with Crippen molar-refractivity contribution >= 4 is 34.1 Å². The zero-order chi connectivity index (χ0) is 7.40. The molecule has 60 valence electrons. The van der Waals surface area contributed by atoms with E-state index in [0.29, 0.717) is 10.9 Å². The number of nitrogens with zero attached hydrogens (tertiary/aromatic N) is 1. The quantitative estimate of drug-likeness (QED) is 0.581. The van der Waals surface area contributed by atoms with E-state index in [4.69, 9.17) is 0 Å². The maximum absolute atomic E-state index is 10.9. The molecular formula is C7H7BrClNO. The molecule has 0 bridgehead atoms. The van der Waals surface area contributed by atoms with Gasteiger partial charge in [-0.05, 0) is 12.1 Å². The van der Waals surface area contributed by atoms with E-state index in [1.54, 1.807) is 24.5 Å². The summed E-state index contributed by atoms with van der Waals surface area (Å²) in [5, 5.41) is 0.360. The maximum atomic E-state index is 10.9. The van der Waals surface area contributed by atoms with Gasteiger partial charge in [-0.2, -0.15) is 0 Å². The van der Waals surface area contributed by atoms with Crippen LogP contribution < -0.4 is 0 Å². The van der Waals surface area contributed by atoms with Gasteiger partial charge in [0.15, 0.2) is 5.78 Å². The highest BCUT2D eigenvalue weighted by molar-refractivity contribution is 9.09. The predicted molar refractivity (Wildman–Crippen MR) is 49.6 cm³/mol. The first-order valence-electron chi connectivity index (χ1n) is 2.84. The molecule has 0 saturated heterocycles. The lowest BCUT2D eigenvalue weighted by molar-refractivity contribution is 0.102. The minimum atomic E-state index is 0. The van der Waals surface area contributed by atoms with Gasteiger partial charge >= 0.3 is 0 Å². The van der Waals surface area contributed by atoms with Gasteiger partial charge in [0.25, 0.3) is 0 Å². The number of Topliss-reactive ketones (excluding diaryl/α,β-unsaturated/α-hetero) is 1. The number of ketones is 1. The molecule has 0 fully saturated rings. The average molecular weight is 236 g/mol. The molecule has 0 unspecified atom stereocenters. The van der Waals surface area contributed by atoms with Gasteiger partial charge in [-0.25, -0.2) is 0 Å². The molecule has 0 aliphatic rings. The van der Waals surface area contributed by atoms with E-state index in [1.807, 2.05) is 0 Å². The molecule has 0 aromatic carbocycles. The second-order valence-corrected chi connectivity index (χ2v) is 2.36. The first-order chi connectivity index (χ1) is 4.84. The minimum Gasteiger partial charge on any atom is -0.293 e. The molecule has 0 amide bonds. The fourth-order valence-corrected chi connectivity index (χ4v) is 0.929. The van der Waals surface area contributed by atoms with Crippen LogP contribution in [0.2, 0.25) is 0 Å². The fourth-order valence-electron chi connectivity index (χ4n) is 0.605. The smallest absolute Gasteiger partial charge is 0.174 e. The van der Waals surface area contributed by atoms with Crippen molar-refractivity contribution in [3.63, 3.8) is 0 Å². The van der Waals surface area contributed by atoms with Crippen molar-refractivity contribution in [1.82, 2.24) is 4.98 Å². The van der Waals surface area contributed by atoms with Gasteiger partial charge in [0.1, 0.15) is 0 Å². The summed E-state index contributed by atoms with van der Waals surface area (Å²) >= 11 is 3.07. The monoisotopic (exact) mass is 235 g/mol. The standard InChI is InChI=1S/C7H6BrNO.ClH/c8-4-7(10)6-2-1-3-9-5-6;/h1-3,5H,4H2;1H. The van der Waals surface area contributed by atoms with Crippen molar-refractivity contribution < 1.29 is 4.79 Å². The largest absolute Gasteiger partial charge is 0.293 e. The summed E-state index contributed by atoms with van der Waals surface area (Å²) in [5.74, 6) is 0.0631. The SMILES string of the molecule is Cl.O=C(CBr)c1cccnc1. The summed E-state index contributed by atoms with van der Waals surface area (Å²) in [7, 11) is 0. The van der Waals surface area contributed by atoms with Gasteiger partial charge in [0, 0.05) is 18.0 Å². The highest BCUT2D eigenvalue weighted by Gasteiger charge is 2.00. The first kappa shape index (κ1) is 10.6. The fraction of sp³-hybridized carbons (Fsp3) is 0.143. The number of rotatable bonds is 2. The van der Waals surface area contributed by atoms with E-state index in [2.05, 4.69) is 20.9 Å². The Bertz CT molecular complexity index is 227. The number of hydrogen-bond donors (Lipinski definition) is 0. The highest BCUT2D eigenvalue weighted by atomic mass is 79.9. The van der Waals surface area contributed by atoms with E-state index >= 15 is 0 Å². The van der Waals surface area contributed by atoms with Crippen LogP contribution in [0.3, 0.4) is 0 Å². The molecule has 1 rings (SSSR count). The molecule has 1 heterocycles. The van der Waals surface area contributed by atoms with Crippen LogP contribution in [0, 0.1) is 0 Å². The van der Waals surface area contributed by atoms with Gasteiger partial charge in [-0.1, -0.05) is 15.9 Å². The second kappa shape index (κ2) is 5.27. The van der Waals surface area contributed by atoms with Crippen molar-refractivity contribution in [3.05, 3.63) is 30.1 Å². The molecule has 2 nitrogen and oxygen atoms in total. The number of halogens is 2. The molecule has 0 aliphatic carbocycles. The maximum Gasteiger partial charge on any atom is 0.174 e. The molecule has 1 aromatic rings. The zero-order valence-corrected chi connectivity index (χ0v) is 8.06. The number of hydrogen-bond acceptors (Lipinski definition) is 2. The van der Waals surface area contributed by atoms with Gasteiger partial charge < -0.3 is 0 Å². The van der Waals surface area contributed by atoms with Crippen LogP contribution in [0.25, 0.3) is 0 Å². The van der Waals surface area contributed by atoms with Crippen LogP contribution >= 0.6 is 28.3 Å². The van der Waals surface area contributed by atoms with Crippen LogP contribution in [0.5, 0.6) is 0 Å². The number of carbonyl (C=O) groups is 1. The Morgan fingerprint density at radius 3 is 2.82 bits per heavy atom. The van der Waals surface area contributed by atoms with Gasteiger partial charge in [-0.3, -0.25) is 9.78 Å². The molecule has 0 atom stereocenters. The summed E-state index contributed by atoms with van der Waals surface area (Å²) in [6.07, 6.45) is 3.20. The Labute approximate surface area is 79.6 Å². The number of pyridine rings is 1. The minimum absolute atomic E-state index is 0. The topological polar surface area (TPSA) is 30.0 Å². The van der Waals surface area contributed by atoms with E-state index in [9.17, 15) is 4.79 Å². The Morgan fingerprint density at radius 1 is 1.64 bits per heavy atom. The van der Waals surface area contributed by atoms with E-state index in [0.717, 1.165) is 0 Å². The van der Waals surface area contributed by atoms with E-state index < -0.39 is 0 Å². The number of carbonyl (C=O) groups excluding carboxylic acids is 1. The molecular weight excluding hydrogens is 229 g/mol. The van der Waals surface area contributed by atoms with E-state index in [-0.39, 0.29) is 18.2 Å². The normalized spacial score (nSPS) is 8.45. The van der Waals surface area contributed by atoms with Crippen LogP contribution in [0.15, 0.2) is 24.5 Å². The highest BCUT2D eigenvalue weighted by Crippen LogP contribution is 1.98. The Morgan fingerprint density at radius 2 is 2.36 bits per heavy atom. The lowest BCUT2D eigenvalue weighted by Gasteiger charge is -1.92. The summed E-state index contributed by atoms with van der Waals surface area (Å²) in [5.41, 5.74) is 0.652. The third-order valence-corrected chi connectivity index (χ3v) is 1.61. The van der Waals surface area contributed by atoms with Crippen molar-refractivity contribution in [3.8, 4) is 0 Å². The van der Waals surface area contributed by atoms with Crippen LogP contribution in [-0.2, 0) is 0 Å². The second-order valence-electron chi connectivity index (χ2n) is 1.80. The summed E-state index contributed by atoms with van der Waals surface area (Å²) < 4.78 is 0. The van der Waals surface area contributed by atoms with Crippen molar-refractivity contribution in [2.24, 2.45) is 0 Å². The third-order valence-electron chi connectivity index (χ3n) is 1.10. The molecule has 0 aliphatic heterocycles. The summed E-state index contributed by atoms with van der Waals surface area (Å²) in [4.78, 5) is 14.7. The predicted octanol–water partition coefficient (Wildman–Crippen LogP) is 2.08. The molecule has 0 radical (unpaired) electrons. The average Bonchev–Trinajstić information content (AvgIpc) is 2.05. The van der Waals surface area contributed by atoms with Crippen LogP contribution in [0.1, 0.15) is 10.4 Å². The van der Waals surface area contributed by atoms with E-state index in [1.165, 1.54) is 0 Å². The van der Waals surface area contributed by atoms with Gasteiger partial charge in [0.2, 0.25) is 0 Å². The molecule has 1 aromatic heterocycles. The summed E-state index contributed by atoms with van der Waals surface area (Å²) in [6.45, 7) is 0. The van der Waals surface area contributed by atoms with Crippen LogP contribution in [0.4, 0.5) is 0 Å². The van der Waals surface area contributed by atoms with Crippen LogP contribution in [-0.4, -0.2) is 16.1 Å². The zero-order valence-electron chi connectivity index (χ0n) is 5.66. The summed E-state index contributed by atoms with van der Waals surface area (Å²) in [6, 6.07) is 3.49. The Balaban J connectivity index is 0.000001000. The lowest BCUT2D eigenvalue weighted by Crippen LogP contribution is -1.99. The molecule has 0 N–H and O–H groups in total.